The number of hydrogen-bond acceptors (Lipinski definition) is 9. The summed E-state index contributed by atoms with van der Waals surface area (Å²) >= 11 is 1.94. The lowest BCUT2D eigenvalue weighted by molar-refractivity contribution is -0.139. The number of nitrogens with zero attached hydrogens (tertiary/aromatic N) is 1. The Balaban J connectivity index is 1.49. The largest absolute Gasteiger partial charge is 0.381 e. The Bertz CT molecular complexity index is 1960. The number of Topliss-reactive ketones (excluding diaryl/α,β-unsaturated/α-hetero) is 1. The predicted molar refractivity (Wildman–Crippen MR) is 260 cm³/mol. The van der Waals surface area contributed by atoms with E-state index < -0.39 is 59.3 Å². The van der Waals surface area contributed by atoms with Gasteiger partial charge in [0.05, 0.1) is 31.8 Å². The number of aliphatic hydroxyl groups is 1. The topological polar surface area (TPSA) is 195 Å². The molecule has 1 heterocycles. The van der Waals surface area contributed by atoms with Crippen LogP contribution in [0.4, 0.5) is 0 Å². The lowest BCUT2D eigenvalue weighted by Gasteiger charge is -2.29. The fraction of sp³-hybridized carbons (Fsp3) is 0.520. The van der Waals surface area contributed by atoms with Gasteiger partial charge in [0, 0.05) is 30.4 Å². The molecule has 0 spiro atoms. The molecule has 0 aliphatic carbocycles. The highest BCUT2D eigenvalue weighted by Crippen LogP contribution is 2.21. The Kier molecular flexibility index (Phi) is 22.0. The van der Waals surface area contributed by atoms with E-state index in [4.69, 9.17) is 4.74 Å². The van der Waals surface area contributed by atoms with Crippen LogP contribution in [0.1, 0.15) is 89.5 Å². The van der Waals surface area contributed by atoms with E-state index in [0.717, 1.165) is 16.7 Å². The summed E-state index contributed by atoms with van der Waals surface area (Å²) in [6.07, 6.45) is 1.73. The number of carbonyl (C=O) groups is 6. The molecule has 4 rings (SSSR count). The molecule has 0 aromatic heterocycles. The number of aryl methyl sites for hydroxylation is 1. The molecule has 1 unspecified atom stereocenters. The van der Waals surface area contributed by atoms with E-state index >= 15 is 0 Å². The van der Waals surface area contributed by atoms with Crippen LogP contribution in [0.2, 0.25) is 0 Å². The minimum Gasteiger partial charge on any atom is -0.381 e. The quantitative estimate of drug-likeness (QED) is 0.0492. The summed E-state index contributed by atoms with van der Waals surface area (Å²) in [5.74, 6) is -2.71. The van der Waals surface area contributed by atoms with E-state index in [1.54, 1.807) is 0 Å². The summed E-state index contributed by atoms with van der Waals surface area (Å²) in [6.45, 7) is 11.6. The lowest BCUT2D eigenvalue weighted by atomic mass is 9.91. The van der Waals surface area contributed by atoms with Gasteiger partial charge in [0.2, 0.25) is 29.5 Å². The zero-order chi connectivity index (χ0) is 47.4. The minimum absolute atomic E-state index is 0.0152. The first-order valence-electron chi connectivity index (χ1n) is 22.8. The van der Waals surface area contributed by atoms with Crippen LogP contribution in [0, 0.1) is 11.8 Å². The summed E-state index contributed by atoms with van der Waals surface area (Å²) in [5.41, 5.74) is 0.915. The standard InChI is InChI=1S/C50H69IN6O8/c1-34(2)29-41(46(60)50(5,64)33-51)55-49(63)43(31-37-17-11-7-12-18-37)56-48(62)42(30-35(3)4)53-44(58)24-23-39(38-19-13-8-14-20-38)54-47(61)40(22-21-36-15-9-6-10-16-36)52-45(59)32-57-25-27-65-28-26-57/h6-20,34-35,39-43,64H,21-33H2,1-5H3,(H,52,59)(H,53,58)(H,54,61)(H,55,63)(H,56,62)/t39?,40-,41-,42-,43-,50+/m0/s1. The van der Waals surface area contributed by atoms with Gasteiger partial charge in [0.15, 0.2) is 5.78 Å². The normalized spacial score (nSPS) is 16.3. The Morgan fingerprint density at radius 2 is 1.15 bits per heavy atom. The summed E-state index contributed by atoms with van der Waals surface area (Å²) in [4.78, 5) is 84.9. The van der Waals surface area contributed by atoms with Crippen molar-refractivity contribution in [2.24, 2.45) is 11.8 Å². The van der Waals surface area contributed by atoms with E-state index in [-0.39, 0.29) is 66.7 Å². The molecule has 354 valence electrons. The molecular weight excluding hydrogens is 939 g/mol. The summed E-state index contributed by atoms with van der Waals surface area (Å²) in [7, 11) is 0. The number of hydrogen-bond donors (Lipinski definition) is 6. The second kappa shape index (κ2) is 27.1. The molecule has 1 aliphatic rings. The van der Waals surface area contributed by atoms with Gasteiger partial charge in [0.1, 0.15) is 23.7 Å². The van der Waals surface area contributed by atoms with E-state index in [2.05, 4.69) is 26.6 Å². The molecule has 6 N–H and O–H groups in total. The Labute approximate surface area is 398 Å². The van der Waals surface area contributed by atoms with E-state index in [1.807, 2.05) is 146 Å². The van der Waals surface area contributed by atoms with Crippen molar-refractivity contribution in [3.8, 4) is 0 Å². The first-order chi connectivity index (χ1) is 31.0. The van der Waals surface area contributed by atoms with Gasteiger partial charge in [-0.05, 0) is 67.6 Å². The molecular formula is C50H69IN6O8. The van der Waals surface area contributed by atoms with Gasteiger partial charge in [0.25, 0.3) is 0 Å². The van der Waals surface area contributed by atoms with Gasteiger partial charge in [-0.1, -0.05) is 141 Å². The number of ketones is 1. The van der Waals surface area contributed by atoms with Crippen LogP contribution in [0.3, 0.4) is 0 Å². The molecule has 0 bridgehead atoms. The van der Waals surface area contributed by atoms with Gasteiger partial charge >= 0.3 is 0 Å². The number of rotatable bonds is 26. The molecule has 6 atom stereocenters. The first-order valence-corrected chi connectivity index (χ1v) is 24.3. The highest BCUT2D eigenvalue weighted by Gasteiger charge is 2.38. The number of carbonyl (C=O) groups excluding carboxylic acids is 6. The number of amides is 5. The van der Waals surface area contributed by atoms with Crippen LogP contribution >= 0.6 is 22.6 Å². The molecule has 0 saturated carbocycles. The predicted octanol–water partition coefficient (Wildman–Crippen LogP) is 4.62. The SMILES string of the molecule is CC(C)C[C@H](NC(=O)CCC(NC(=O)[C@H](CCc1ccccc1)NC(=O)CN1CCOCC1)c1ccccc1)C(=O)N[C@@H](Cc1ccccc1)C(=O)N[C@@H](CC(C)C)C(=O)[C@](C)(O)CI. The molecule has 1 saturated heterocycles. The number of ether oxygens (including phenoxy) is 1. The van der Waals surface area contributed by atoms with Gasteiger partial charge in [-0.3, -0.25) is 33.7 Å². The molecule has 0 radical (unpaired) electrons. The maximum absolute atomic E-state index is 14.2. The monoisotopic (exact) mass is 1010 g/mol. The summed E-state index contributed by atoms with van der Waals surface area (Å²) < 4.78 is 5.56. The third-order valence-electron chi connectivity index (χ3n) is 11.3. The number of benzene rings is 3. The van der Waals surface area contributed by atoms with Gasteiger partial charge in [-0.2, -0.15) is 0 Å². The van der Waals surface area contributed by atoms with Crippen molar-refractivity contribution >= 4 is 57.9 Å². The smallest absolute Gasteiger partial charge is 0.243 e. The molecule has 1 fully saturated rings. The average Bonchev–Trinajstić information content (AvgIpc) is 3.29. The highest BCUT2D eigenvalue weighted by molar-refractivity contribution is 14.1. The Morgan fingerprint density at radius 1 is 0.646 bits per heavy atom. The van der Waals surface area contributed by atoms with Crippen molar-refractivity contribution in [1.82, 2.24) is 31.5 Å². The van der Waals surface area contributed by atoms with Crippen molar-refractivity contribution in [3.63, 3.8) is 0 Å². The number of morpholine rings is 1. The van der Waals surface area contributed by atoms with E-state index in [9.17, 15) is 33.9 Å². The van der Waals surface area contributed by atoms with Crippen molar-refractivity contribution in [2.75, 3.05) is 37.3 Å². The van der Waals surface area contributed by atoms with E-state index in [1.165, 1.54) is 6.92 Å². The maximum atomic E-state index is 14.2. The fourth-order valence-corrected chi connectivity index (χ4v) is 8.08. The van der Waals surface area contributed by atoms with Crippen LogP contribution in [-0.4, -0.2) is 112 Å². The third kappa shape index (κ3) is 18.6. The zero-order valence-electron chi connectivity index (χ0n) is 38.5. The Hall–Kier alpha value is -4.71. The van der Waals surface area contributed by atoms with Gasteiger partial charge < -0.3 is 36.4 Å². The molecule has 1 aliphatic heterocycles. The molecule has 65 heavy (non-hydrogen) atoms. The minimum atomic E-state index is -1.66. The third-order valence-corrected chi connectivity index (χ3v) is 12.8. The first kappa shape index (κ1) is 52.9. The lowest BCUT2D eigenvalue weighted by Crippen LogP contribution is -2.58. The van der Waals surface area contributed by atoms with Crippen molar-refractivity contribution in [3.05, 3.63) is 108 Å². The number of halogens is 1. The summed E-state index contributed by atoms with van der Waals surface area (Å²) in [5, 5.41) is 25.5. The van der Waals surface area contributed by atoms with Gasteiger partial charge in [-0.25, -0.2) is 0 Å². The maximum Gasteiger partial charge on any atom is 0.243 e. The van der Waals surface area contributed by atoms with Crippen molar-refractivity contribution in [1.29, 1.82) is 0 Å². The molecule has 3 aromatic rings. The number of alkyl halides is 1. The molecule has 5 amide bonds. The molecule has 15 heteroatoms. The second-order valence-electron chi connectivity index (χ2n) is 18.0. The van der Waals surface area contributed by atoms with Crippen molar-refractivity contribution < 1.29 is 38.6 Å². The fourth-order valence-electron chi connectivity index (χ4n) is 7.70. The summed E-state index contributed by atoms with van der Waals surface area (Å²) in [6, 6.07) is 23.7. The van der Waals surface area contributed by atoms with Crippen LogP contribution < -0.4 is 26.6 Å². The Morgan fingerprint density at radius 3 is 1.74 bits per heavy atom. The van der Waals surface area contributed by atoms with Crippen LogP contribution in [0.5, 0.6) is 0 Å². The second-order valence-corrected chi connectivity index (χ2v) is 18.8. The average molecular weight is 1010 g/mol. The number of nitrogens with one attached hydrogen (secondary N) is 5. The van der Waals surface area contributed by atoms with Crippen LogP contribution in [0.25, 0.3) is 0 Å². The van der Waals surface area contributed by atoms with Crippen LogP contribution in [0.15, 0.2) is 91.0 Å². The zero-order valence-corrected chi connectivity index (χ0v) is 40.7. The van der Waals surface area contributed by atoms with E-state index in [0.29, 0.717) is 39.1 Å². The van der Waals surface area contributed by atoms with Crippen LogP contribution in [-0.2, 0) is 46.3 Å². The highest BCUT2D eigenvalue weighted by atomic mass is 127. The molecule has 3 aromatic carbocycles. The molecule has 14 nitrogen and oxygen atoms in total. The van der Waals surface area contributed by atoms with Crippen molar-refractivity contribution in [2.45, 2.75) is 115 Å². The van der Waals surface area contributed by atoms with Gasteiger partial charge in [-0.15, -0.1) is 0 Å².